The molecule has 1 aromatic rings. The van der Waals surface area contributed by atoms with Crippen molar-refractivity contribution in [3.05, 3.63) is 34.6 Å². The molecule has 1 atom stereocenters. The van der Waals surface area contributed by atoms with Crippen molar-refractivity contribution in [3.63, 3.8) is 0 Å². The molecule has 2 rings (SSSR count). The van der Waals surface area contributed by atoms with Gasteiger partial charge in [-0.3, -0.25) is 0 Å². The summed E-state index contributed by atoms with van der Waals surface area (Å²) in [6.45, 7) is 2.75. The summed E-state index contributed by atoms with van der Waals surface area (Å²) in [5.41, 5.74) is 1.48. The van der Waals surface area contributed by atoms with Crippen LogP contribution in [0.3, 0.4) is 0 Å². The summed E-state index contributed by atoms with van der Waals surface area (Å²) >= 11 is 0. The van der Waals surface area contributed by atoms with Gasteiger partial charge in [-0.15, -0.1) is 0 Å². The molecule has 0 saturated carbocycles. The van der Waals surface area contributed by atoms with Gasteiger partial charge < -0.3 is 10.4 Å². The van der Waals surface area contributed by atoms with E-state index in [1.165, 1.54) is 12.1 Å². The summed E-state index contributed by atoms with van der Waals surface area (Å²) in [5.74, 6) is -1.87. The molecule has 3 nitrogen and oxygen atoms in total. The van der Waals surface area contributed by atoms with Crippen molar-refractivity contribution in [1.29, 1.82) is 0 Å². The standard InChI is InChI=1S/C13H16FNO2/c1-8-6-11(14)10(13(16)17)7-9(8)12-4-2-3-5-15-12/h6-7,12,15H,2-5H2,1H3,(H,16,17). The predicted octanol–water partition coefficient (Wildman–Crippen LogP) is 2.65. The number of rotatable bonds is 2. The van der Waals surface area contributed by atoms with E-state index < -0.39 is 11.8 Å². The molecule has 1 unspecified atom stereocenters. The molecule has 1 heterocycles. The molecule has 0 amide bonds. The molecule has 0 aliphatic carbocycles. The Morgan fingerprint density at radius 1 is 1.47 bits per heavy atom. The third-order valence-corrected chi connectivity index (χ3v) is 3.27. The number of piperidine rings is 1. The minimum atomic E-state index is -1.21. The number of carboxylic acids is 1. The van der Waals surface area contributed by atoms with Gasteiger partial charge in [-0.2, -0.15) is 0 Å². The van der Waals surface area contributed by atoms with Gasteiger partial charge in [-0.1, -0.05) is 6.42 Å². The van der Waals surface area contributed by atoms with Crippen LogP contribution in [0.5, 0.6) is 0 Å². The number of hydrogen-bond acceptors (Lipinski definition) is 2. The van der Waals surface area contributed by atoms with Crippen LogP contribution in [0.4, 0.5) is 4.39 Å². The zero-order valence-corrected chi connectivity index (χ0v) is 9.79. The van der Waals surface area contributed by atoms with Crippen LogP contribution in [0.25, 0.3) is 0 Å². The average molecular weight is 237 g/mol. The molecular weight excluding hydrogens is 221 g/mol. The molecule has 4 heteroatoms. The lowest BCUT2D eigenvalue weighted by atomic mass is 9.92. The summed E-state index contributed by atoms with van der Waals surface area (Å²) in [6.07, 6.45) is 3.24. The minimum Gasteiger partial charge on any atom is -0.478 e. The second-order valence-electron chi connectivity index (χ2n) is 4.50. The van der Waals surface area contributed by atoms with Gasteiger partial charge in [0.05, 0.1) is 5.56 Å². The summed E-state index contributed by atoms with van der Waals surface area (Å²) in [6, 6.07) is 2.94. The maximum Gasteiger partial charge on any atom is 0.338 e. The molecule has 1 fully saturated rings. The van der Waals surface area contributed by atoms with Crippen LogP contribution in [0, 0.1) is 12.7 Å². The minimum absolute atomic E-state index is 0.155. The van der Waals surface area contributed by atoms with Gasteiger partial charge in [0.1, 0.15) is 5.82 Å². The highest BCUT2D eigenvalue weighted by Gasteiger charge is 2.20. The number of nitrogens with one attached hydrogen (secondary N) is 1. The van der Waals surface area contributed by atoms with Gasteiger partial charge in [0, 0.05) is 6.04 Å². The molecule has 1 saturated heterocycles. The zero-order valence-electron chi connectivity index (χ0n) is 9.79. The van der Waals surface area contributed by atoms with Gasteiger partial charge in [-0.25, -0.2) is 9.18 Å². The fraction of sp³-hybridized carbons (Fsp3) is 0.462. The number of aromatic carboxylic acids is 1. The maximum absolute atomic E-state index is 13.4. The molecule has 1 aromatic carbocycles. The van der Waals surface area contributed by atoms with Crippen molar-refractivity contribution < 1.29 is 14.3 Å². The Hall–Kier alpha value is -1.42. The predicted molar refractivity (Wildman–Crippen MR) is 62.7 cm³/mol. The highest BCUT2D eigenvalue weighted by Crippen LogP contribution is 2.27. The van der Waals surface area contributed by atoms with Crippen molar-refractivity contribution in [2.24, 2.45) is 0 Å². The lowest BCUT2D eigenvalue weighted by molar-refractivity contribution is 0.0691. The quantitative estimate of drug-likeness (QED) is 0.831. The lowest BCUT2D eigenvalue weighted by Gasteiger charge is -2.25. The Kier molecular flexibility index (Phi) is 3.43. The molecule has 0 radical (unpaired) electrons. The van der Waals surface area contributed by atoms with E-state index in [0.717, 1.165) is 36.9 Å². The number of carboxylic acid groups (broad SMARTS) is 1. The van der Waals surface area contributed by atoms with Gasteiger partial charge in [-0.05, 0) is 49.6 Å². The number of aryl methyl sites for hydroxylation is 1. The molecule has 1 aliphatic heterocycles. The molecule has 0 bridgehead atoms. The van der Waals surface area contributed by atoms with Crippen LogP contribution in [-0.4, -0.2) is 17.6 Å². The summed E-state index contributed by atoms with van der Waals surface area (Å²) < 4.78 is 13.4. The third-order valence-electron chi connectivity index (χ3n) is 3.27. The van der Waals surface area contributed by atoms with Crippen molar-refractivity contribution in [2.45, 2.75) is 32.2 Å². The second-order valence-corrected chi connectivity index (χ2v) is 4.50. The van der Waals surface area contributed by atoms with Gasteiger partial charge in [0.2, 0.25) is 0 Å². The van der Waals surface area contributed by atoms with E-state index in [0.29, 0.717) is 0 Å². The zero-order chi connectivity index (χ0) is 12.4. The topological polar surface area (TPSA) is 49.3 Å². The Labute approximate surface area is 99.7 Å². The van der Waals surface area contributed by atoms with Crippen LogP contribution in [0.1, 0.15) is 46.8 Å². The van der Waals surface area contributed by atoms with Gasteiger partial charge >= 0.3 is 5.97 Å². The fourth-order valence-corrected chi connectivity index (χ4v) is 2.35. The molecular formula is C13H16FNO2. The van der Waals surface area contributed by atoms with Gasteiger partial charge in [0.25, 0.3) is 0 Å². The largest absolute Gasteiger partial charge is 0.478 e. The maximum atomic E-state index is 13.4. The van der Waals surface area contributed by atoms with Crippen molar-refractivity contribution in [1.82, 2.24) is 5.32 Å². The van der Waals surface area contributed by atoms with Crippen LogP contribution >= 0.6 is 0 Å². The van der Waals surface area contributed by atoms with E-state index in [4.69, 9.17) is 5.11 Å². The third kappa shape index (κ3) is 2.47. The fourth-order valence-electron chi connectivity index (χ4n) is 2.35. The summed E-state index contributed by atoms with van der Waals surface area (Å²) in [7, 11) is 0. The first-order chi connectivity index (χ1) is 8.09. The Morgan fingerprint density at radius 3 is 2.82 bits per heavy atom. The van der Waals surface area contributed by atoms with E-state index in [9.17, 15) is 9.18 Å². The van der Waals surface area contributed by atoms with E-state index in [1.807, 2.05) is 6.92 Å². The van der Waals surface area contributed by atoms with Crippen molar-refractivity contribution in [3.8, 4) is 0 Å². The summed E-state index contributed by atoms with van der Waals surface area (Å²) in [5, 5.41) is 12.3. The molecule has 92 valence electrons. The highest BCUT2D eigenvalue weighted by atomic mass is 19.1. The molecule has 17 heavy (non-hydrogen) atoms. The Morgan fingerprint density at radius 2 is 2.24 bits per heavy atom. The first-order valence-electron chi connectivity index (χ1n) is 5.86. The SMILES string of the molecule is Cc1cc(F)c(C(=O)O)cc1C1CCCCN1. The first kappa shape index (κ1) is 12.0. The van der Waals surface area contributed by atoms with E-state index in [-0.39, 0.29) is 11.6 Å². The Balaban J connectivity index is 2.38. The normalized spacial score (nSPS) is 20.2. The van der Waals surface area contributed by atoms with Crippen LogP contribution in [0.2, 0.25) is 0 Å². The monoisotopic (exact) mass is 237 g/mol. The lowest BCUT2D eigenvalue weighted by Crippen LogP contribution is -2.27. The van der Waals surface area contributed by atoms with Crippen molar-refractivity contribution in [2.75, 3.05) is 6.54 Å². The molecule has 1 aliphatic rings. The van der Waals surface area contributed by atoms with E-state index in [1.54, 1.807) is 0 Å². The average Bonchev–Trinajstić information content (AvgIpc) is 2.29. The van der Waals surface area contributed by atoms with Crippen molar-refractivity contribution >= 4 is 5.97 Å². The van der Waals surface area contributed by atoms with Gasteiger partial charge in [0.15, 0.2) is 0 Å². The molecule has 0 spiro atoms. The van der Waals surface area contributed by atoms with Crippen LogP contribution < -0.4 is 5.32 Å². The van der Waals surface area contributed by atoms with E-state index in [2.05, 4.69) is 5.32 Å². The number of hydrogen-bond donors (Lipinski definition) is 2. The number of benzene rings is 1. The highest BCUT2D eigenvalue weighted by molar-refractivity contribution is 5.88. The Bertz CT molecular complexity index is 439. The van der Waals surface area contributed by atoms with Crippen LogP contribution in [0.15, 0.2) is 12.1 Å². The summed E-state index contributed by atoms with van der Waals surface area (Å²) in [4.78, 5) is 10.9. The first-order valence-corrected chi connectivity index (χ1v) is 5.86. The molecule has 0 aromatic heterocycles. The smallest absolute Gasteiger partial charge is 0.338 e. The number of carbonyl (C=O) groups is 1. The second kappa shape index (κ2) is 4.84. The van der Waals surface area contributed by atoms with E-state index >= 15 is 0 Å². The van der Waals surface area contributed by atoms with Crippen LogP contribution in [-0.2, 0) is 0 Å². The number of halogens is 1. The molecule has 2 N–H and O–H groups in total.